The second kappa shape index (κ2) is 8.73. The molecule has 19 heteroatoms. The van der Waals surface area contributed by atoms with Crippen molar-refractivity contribution in [3.05, 3.63) is 0 Å². The number of nitrogens with zero attached hydrogens (tertiary/aromatic N) is 3. The Morgan fingerprint density at radius 3 is 0.968 bits per heavy atom. The molecule has 0 radical (unpaired) electrons. The molecule has 0 rings (SSSR count). The maximum atomic E-state index is 12.9. The first kappa shape index (κ1) is 28.8. The molecule has 6 nitrogen and oxygen atoms in total. The van der Waals surface area contributed by atoms with Gasteiger partial charge < -0.3 is 13.7 Å². The lowest BCUT2D eigenvalue weighted by Crippen LogP contribution is -2.78. The standard InChI is InChI=1S/C12H13F12N3O3Si/c1-25(6(28)10(16,17)18)31(5-4-9(13,14)15,26(2)7(29)11(19,20)21)27(3)8(30)12(22,23)24/h4-5H2,1-3H3. The average molecular weight is 503 g/mol. The van der Waals surface area contributed by atoms with Gasteiger partial charge in [0.15, 0.2) is 0 Å². The largest absolute Gasteiger partial charge is 0.470 e. The molecule has 0 fully saturated rings. The highest BCUT2D eigenvalue weighted by Crippen LogP contribution is 2.36. The third-order valence-corrected chi connectivity index (χ3v) is 8.75. The first-order valence-electron chi connectivity index (χ1n) is 7.52. The summed E-state index contributed by atoms with van der Waals surface area (Å²) in [4.78, 5) is 34.8. The van der Waals surface area contributed by atoms with Gasteiger partial charge in [0.25, 0.3) is 0 Å². The van der Waals surface area contributed by atoms with Gasteiger partial charge >= 0.3 is 51.0 Å². The summed E-state index contributed by atoms with van der Waals surface area (Å²) < 4.78 is 151. The normalized spacial score (nSPS) is 13.6. The summed E-state index contributed by atoms with van der Waals surface area (Å²) in [7, 11) is -6.29. The fourth-order valence-corrected chi connectivity index (χ4v) is 6.88. The van der Waals surface area contributed by atoms with Crippen LogP contribution in [0.15, 0.2) is 0 Å². The van der Waals surface area contributed by atoms with Crippen LogP contribution in [-0.4, -0.2) is 85.8 Å². The molecular formula is C12H13F12N3O3Si. The molecule has 0 aliphatic heterocycles. The van der Waals surface area contributed by atoms with E-state index in [0.717, 1.165) is 0 Å². The molecule has 0 aliphatic carbocycles. The van der Waals surface area contributed by atoms with Crippen LogP contribution in [0.5, 0.6) is 0 Å². The number of halogens is 12. The number of carbonyl (C=O) groups excluding carboxylic acids is 3. The van der Waals surface area contributed by atoms with Crippen LogP contribution >= 0.6 is 0 Å². The molecule has 0 saturated heterocycles. The van der Waals surface area contributed by atoms with Crippen molar-refractivity contribution in [2.75, 3.05) is 21.1 Å². The molecule has 31 heavy (non-hydrogen) atoms. The van der Waals surface area contributed by atoms with Crippen molar-refractivity contribution in [3.8, 4) is 0 Å². The van der Waals surface area contributed by atoms with Gasteiger partial charge in [-0.15, -0.1) is 0 Å². The highest BCUT2D eigenvalue weighted by Gasteiger charge is 2.64. The molecular weight excluding hydrogens is 490 g/mol. The van der Waals surface area contributed by atoms with E-state index in [9.17, 15) is 67.1 Å². The summed E-state index contributed by atoms with van der Waals surface area (Å²) >= 11 is 0. The van der Waals surface area contributed by atoms with E-state index in [4.69, 9.17) is 0 Å². The summed E-state index contributed by atoms with van der Waals surface area (Å²) in [6.07, 6.45) is -25.6. The topological polar surface area (TPSA) is 60.9 Å². The van der Waals surface area contributed by atoms with Crippen LogP contribution in [0, 0.1) is 0 Å². The van der Waals surface area contributed by atoms with Crippen LogP contribution in [0.2, 0.25) is 6.04 Å². The number of rotatable bonds is 5. The third kappa shape index (κ3) is 6.63. The number of carbonyl (C=O) groups is 3. The van der Waals surface area contributed by atoms with E-state index in [1.807, 2.05) is 0 Å². The Kier molecular flexibility index (Phi) is 8.11. The average Bonchev–Trinajstić information content (AvgIpc) is 2.55. The first-order chi connectivity index (χ1) is 13.4. The smallest absolute Gasteiger partial charge is 0.330 e. The van der Waals surface area contributed by atoms with Crippen LogP contribution in [0.3, 0.4) is 0 Å². The lowest BCUT2D eigenvalue weighted by atomic mass is 10.5. The van der Waals surface area contributed by atoms with Crippen LogP contribution in [0.25, 0.3) is 0 Å². The Bertz CT molecular complexity index is 621. The molecule has 0 aromatic carbocycles. The van der Waals surface area contributed by atoms with Gasteiger partial charge in [0.05, 0.1) is 0 Å². The molecule has 0 aliphatic rings. The molecule has 0 bridgehead atoms. The lowest BCUT2D eigenvalue weighted by molar-refractivity contribution is -0.188. The summed E-state index contributed by atoms with van der Waals surface area (Å²) in [5.74, 6) is -9.49. The predicted octanol–water partition coefficient (Wildman–Crippen LogP) is 2.94. The fraction of sp³-hybridized carbons (Fsp3) is 0.750. The van der Waals surface area contributed by atoms with E-state index in [2.05, 4.69) is 0 Å². The van der Waals surface area contributed by atoms with E-state index < -0.39 is 77.1 Å². The van der Waals surface area contributed by atoms with E-state index in [-0.39, 0.29) is 21.1 Å². The van der Waals surface area contributed by atoms with Crippen LogP contribution in [0.1, 0.15) is 6.42 Å². The predicted molar refractivity (Wildman–Crippen MR) is 77.7 cm³/mol. The fourth-order valence-electron chi connectivity index (χ4n) is 2.55. The van der Waals surface area contributed by atoms with Crippen LogP contribution < -0.4 is 0 Å². The van der Waals surface area contributed by atoms with E-state index in [1.165, 1.54) is 0 Å². The highest BCUT2D eigenvalue weighted by atomic mass is 28.4. The minimum atomic E-state index is -6.16. The summed E-state index contributed by atoms with van der Waals surface area (Å²) in [6.45, 7) is 0. The zero-order valence-electron chi connectivity index (χ0n) is 15.5. The summed E-state index contributed by atoms with van der Waals surface area (Å²) in [5.41, 5.74) is 0. The Morgan fingerprint density at radius 2 is 0.806 bits per heavy atom. The Balaban J connectivity index is 7.06. The summed E-state index contributed by atoms with van der Waals surface area (Å²) in [6, 6.07) is -2.04. The van der Waals surface area contributed by atoms with Crippen molar-refractivity contribution < 1.29 is 67.1 Å². The van der Waals surface area contributed by atoms with Gasteiger partial charge in [-0.1, -0.05) is 0 Å². The van der Waals surface area contributed by atoms with E-state index in [0.29, 0.717) is 0 Å². The van der Waals surface area contributed by atoms with Gasteiger partial charge in [-0.2, -0.15) is 52.7 Å². The van der Waals surface area contributed by atoms with Gasteiger partial charge in [0.1, 0.15) is 0 Å². The molecule has 0 saturated carbocycles. The summed E-state index contributed by atoms with van der Waals surface area (Å²) in [5, 5.41) is 0. The van der Waals surface area contributed by atoms with Crippen molar-refractivity contribution >= 4 is 26.3 Å². The number of amides is 3. The monoisotopic (exact) mass is 503 g/mol. The van der Waals surface area contributed by atoms with Crippen molar-refractivity contribution in [2.24, 2.45) is 0 Å². The maximum Gasteiger partial charge on any atom is 0.470 e. The number of hydrogen-bond donors (Lipinski definition) is 0. The van der Waals surface area contributed by atoms with Gasteiger partial charge in [-0.05, 0) is 0 Å². The second-order valence-corrected chi connectivity index (χ2v) is 10.0. The second-order valence-electron chi connectivity index (χ2n) is 5.98. The van der Waals surface area contributed by atoms with Crippen molar-refractivity contribution in [2.45, 2.75) is 37.2 Å². The van der Waals surface area contributed by atoms with Gasteiger partial charge in [-0.25, -0.2) is 0 Å². The zero-order chi connectivity index (χ0) is 25.4. The van der Waals surface area contributed by atoms with Gasteiger partial charge in [0.2, 0.25) is 0 Å². The van der Waals surface area contributed by atoms with Crippen molar-refractivity contribution in [3.63, 3.8) is 0 Å². The Morgan fingerprint density at radius 1 is 0.581 bits per heavy atom. The minimum Gasteiger partial charge on any atom is -0.330 e. The van der Waals surface area contributed by atoms with Crippen molar-refractivity contribution in [1.82, 2.24) is 13.7 Å². The third-order valence-electron chi connectivity index (χ3n) is 4.00. The van der Waals surface area contributed by atoms with Crippen molar-refractivity contribution in [1.29, 1.82) is 0 Å². The lowest BCUT2D eigenvalue weighted by Gasteiger charge is -2.49. The molecule has 0 N–H and O–H groups in total. The molecule has 3 amide bonds. The molecule has 182 valence electrons. The van der Waals surface area contributed by atoms with Gasteiger partial charge in [-0.3, -0.25) is 14.4 Å². The quantitative estimate of drug-likeness (QED) is 0.429. The van der Waals surface area contributed by atoms with E-state index >= 15 is 0 Å². The molecule has 0 spiro atoms. The maximum absolute atomic E-state index is 12.9. The SMILES string of the molecule is CN(C(=O)C(F)(F)F)[Si](CCC(F)(F)F)(N(C)C(=O)C(F)(F)F)N(C)C(=O)C(F)(F)F. The number of hydrogen-bond acceptors (Lipinski definition) is 3. The highest BCUT2D eigenvalue weighted by molar-refractivity contribution is 6.78. The molecule has 0 aromatic heterocycles. The van der Waals surface area contributed by atoms with Crippen LogP contribution in [-0.2, 0) is 14.4 Å². The molecule has 0 atom stereocenters. The van der Waals surface area contributed by atoms with Crippen LogP contribution in [0.4, 0.5) is 52.7 Å². The van der Waals surface area contributed by atoms with Gasteiger partial charge in [0, 0.05) is 33.6 Å². The Labute approximate surface area is 166 Å². The minimum absolute atomic E-state index is 0.0429. The van der Waals surface area contributed by atoms with E-state index in [1.54, 1.807) is 0 Å². The number of alkyl halides is 12. The zero-order valence-corrected chi connectivity index (χ0v) is 16.5. The molecule has 0 heterocycles. The Hall–Kier alpha value is -2.21. The molecule has 0 unspecified atom stereocenters. The first-order valence-corrected chi connectivity index (χ1v) is 9.57. The molecule has 0 aromatic rings.